The minimum absolute atomic E-state index is 0.0393. The number of para-hydroxylation sites is 1. The lowest BCUT2D eigenvalue weighted by Gasteiger charge is -2.10. The number of primary amides is 1. The van der Waals surface area contributed by atoms with Crippen molar-refractivity contribution in [3.05, 3.63) is 69.5 Å². The van der Waals surface area contributed by atoms with Gasteiger partial charge < -0.3 is 11.1 Å². The maximum absolute atomic E-state index is 13.2. The Labute approximate surface area is 190 Å². The number of carbonyl (C=O) groups is 2. The first-order chi connectivity index (χ1) is 15.5. The molecule has 0 fully saturated rings. The predicted molar refractivity (Wildman–Crippen MR) is 119 cm³/mol. The van der Waals surface area contributed by atoms with Crippen molar-refractivity contribution in [2.75, 3.05) is 5.32 Å². The number of hydrogen-bond donors (Lipinski definition) is 2. The molecule has 0 atom stereocenters. The number of hydrogen-bond acceptors (Lipinski definition) is 5. The predicted octanol–water partition coefficient (Wildman–Crippen LogP) is 4.78. The summed E-state index contributed by atoms with van der Waals surface area (Å²) < 4.78 is 41.2. The van der Waals surface area contributed by atoms with E-state index in [1.165, 1.54) is 6.92 Å². The van der Waals surface area contributed by atoms with E-state index in [2.05, 4.69) is 15.4 Å². The van der Waals surface area contributed by atoms with Gasteiger partial charge in [0.1, 0.15) is 15.4 Å². The Bertz CT molecular complexity index is 1410. The number of anilines is 1. The maximum atomic E-state index is 13.2. The first-order valence-electron chi connectivity index (χ1n) is 9.73. The van der Waals surface area contributed by atoms with Crippen LogP contribution in [-0.2, 0) is 6.18 Å². The van der Waals surface area contributed by atoms with Gasteiger partial charge in [-0.1, -0.05) is 18.2 Å². The molecule has 0 unspecified atom stereocenters. The van der Waals surface area contributed by atoms with Crippen molar-refractivity contribution in [2.45, 2.75) is 26.9 Å². The van der Waals surface area contributed by atoms with Crippen molar-refractivity contribution in [2.24, 2.45) is 5.73 Å². The molecular weight excluding hydrogens is 455 g/mol. The molecule has 11 heteroatoms. The number of halogens is 3. The molecule has 0 spiro atoms. The van der Waals surface area contributed by atoms with E-state index < -0.39 is 23.7 Å². The molecule has 0 saturated carbocycles. The van der Waals surface area contributed by atoms with E-state index in [4.69, 9.17) is 5.73 Å². The summed E-state index contributed by atoms with van der Waals surface area (Å²) in [6.45, 7) is 4.85. The van der Waals surface area contributed by atoms with Crippen molar-refractivity contribution in [3.63, 3.8) is 0 Å². The van der Waals surface area contributed by atoms with Crippen LogP contribution in [0.2, 0.25) is 0 Å². The molecule has 2 amide bonds. The first-order valence-corrected chi connectivity index (χ1v) is 10.5. The number of aryl methyl sites for hydroxylation is 2. The summed E-state index contributed by atoms with van der Waals surface area (Å²) in [6, 6.07) is 10.1. The molecule has 7 nitrogen and oxygen atoms in total. The Morgan fingerprint density at radius 1 is 1.12 bits per heavy atom. The number of fused-ring (bicyclic) bond motifs is 1. The molecule has 33 heavy (non-hydrogen) atoms. The molecule has 4 aromatic rings. The average Bonchev–Trinajstić information content (AvgIpc) is 3.25. The minimum Gasteiger partial charge on any atom is -0.365 e. The molecule has 0 aliphatic carbocycles. The van der Waals surface area contributed by atoms with Gasteiger partial charge in [-0.3, -0.25) is 9.59 Å². The van der Waals surface area contributed by atoms with Crippen LogP contribution in [0.4, 0.5) is 18.9 Å². The topological polar surface area (TPSA) is 103 Å². The van der Waals surface area contributed by atoms with Crippen molar-refractivity contribution >= 4 is 39.1 Å². The normalized spacial score (nSPS) is 11.7. The third-order valence-electron chi connectivity index (χ3n) is 5.13. The SMILES string of the molecule is Cc1nn(-c2ccccc2)c(C)c1C(=O)Nc1c(C(N)=O)sc2nc(C(F)(F)F)cc(C)c12. The summed E-state index contributed by atoms with van der Waals surface area (Å²) in [4.78, 5) is 28.8. The number of benzene rings is 1. The van der Waals surface area contributed by atoms with Crippen LogP contribution >= 0.6 is 11.3 Å². The minimum atomic E-state index is -4.65. The molecule has 0 bridgehead atoms. The van der Waals surface area contributed by atoms with Crippen molar-refractivity contribution < 1.29 is 22.8 Å². The largest absolute Gasteiger partial charge is 0.433 e. The second-order valence-corrected chi connectivity index (χ2v) is 8.42. The monoisotopic (exact) mass is 473 g/mol. The number of nitrogens with two attached hydrogens (primary N) is 1. The summed E-state index contributed by atoms with van der Waals surface area (Å²) in [5.41, 5.74) is 6.67. The Morgan fingerprint density at radius 3 is 2.39 bits per heavy atom. The smallest absolute Gasteiger partial charge is 0.365 e. The number of thiophene rings is 1. The molecule has 0 aliphatic rings. The molecule has 0 saturated heterocycles. The number of amides is 2. The van der Waals surface area contributed by atoms with Gasteiger partial charge in [-0.15, -0.1) is 11.3 Å². The van der Waals surface area contributed by atoms with E-state index >= 15 is 0 Å². The highest BCUT2D eigenvalue weighted by Gasteiger charge is 2.34. The van der Waals surface area contributed by atoms with Crippen molar-refractivity contribution in [1.29, 1.82) is 0 Å². The van der Waals surface area contributed by atoms with Crippen molar-refractivity contribution in [1.82, 2.24) is 14.8 Å². The van der Waals surface area contributed by atoms with E-state index in [9.17, 15) is 22.8 Å². The van der Waals surface area contributed by atoms with Crippen LogP contribution in [0.5, 0.6) is 0 Å². The van der Waals surface area contributed by atoms with E-state index in [1.807, 2.05) is 30.3 Å². The van der Waals surface area contributed by atoms with Gasteiger partial charge in [0, 0.05) is 5.39 Å². The summed E-state index contributed by atoms with van der Waals surface area (Å²) >= 11 is 0.703. The molecule has 3 N–H and O–H groups in total. The van der Waals surface area contributed by atoms with E-state index in [0.717, 1.165) is 11.8 Å². The standard InChI is InChI=1S/C22H18F3N5O2S/c1-10-9-14(22(23,24)25)27-21-15(10)17(18(33-21)19(26)31)28-20(32)16-11(2)29-30(12(16)3)13-7-5-4-6-8-13/h4-9H,1-3H3,(H2,26,31)(H,28,32). The molecular formula is C22H18F3N5O2S. The van der Waals surface area contributed by atoms with Crippen LogP contribution in [0.25, 0.3) is 15.9 Å². The first kappa shape index (κ1) is 22.5. The molecule has 0 radical (unpaired) electrons. The van der Waals surface area contributed by atoms with E-state index in [-0.39, 0.29) is 31.9 Å². The highest BCUT2D eigenvalue weighted by atomic mass is 32.1. The van der Waals surface area contributed by atoms with E-state index in [0.29, 0.717) is 22.7 Å². The van der Waals surface area contributed by atoms with Crippen LogP contribution < -0.4 is 11.1 Å². The average molecular weight is 473 g/mol. The van der Waals surface area contributed by atoms with Crippen LogP contribution in [-0.4, -0.2) is 26.6 Å². The second-order valence-electron chi connectivity index (χ2n) is 7.42. The Kier molecular flexibility index (Phi) is 5.44. The van der Waals surface area contributed by atoms with Crippen LogP contribution in [0.3, 0.4) is 0 Å². The number of nitrogens with zero attached hydrogens (tertiary/aromatic N) is 3. The van der Waals surface area contributed by atoms with Gasteiger partial charge in [0.05, 0.1) is 28.3 Å². The fourth-order valence-electron chi connectivity index (χ4n) is 3.69. The van der Waals surface area contributed by atoms with Gasteiger partial charge in [0.15, 0.2) is 0 Å². The zero-order valence-electron chi connectivity index (χ0n) is 17.7. The second kappa shape index (κ2) is 8.00. The number of rotatable bonds is 4. The Hall–Kier alpha value is -3.73. The molecule has 170 valence electrons. The molecule has 4 rings (SSSR count). The number of pyridine rings is 1. The number of aromatic nitrogens is 3. The van der Waals surface area contributed by atoms with Crippen molar-refractivity contribution in [3.8, 4) is 5.69 Å². The summed E-state index contributed by atoms with van der Waals surface area (Å²) in [7, 11) is 0. The van der Waals surface area contributed by atoms with Gasteiger partial charge in [-0.2, -0.15) is 18.3 Å². The fourth-order valence-corrected chi connectivity index (χ4v) is 4.75. The lowest BCUT2D eigenvalue weighted by Crippen LogP contribution is -2.18. The summed E-state index contributed by atoms with van der Waals surface area (Å²) in [5.74, 6) is -1.44. The van der Waals surface area contributed by atoms with Crippen LogP contribution in [0, 0.1) is 20.8 Å². The molecule has 3 aromatic heterocycles. The highest BCUT2D eigenvalue weighted by molar-refractivity contribution is 7.21. The number of alkyl halides is 3. The van der Waals surface area contributed by atoms with Gasteiger partial charge in [-0.25, -0.2) is 9.67 Å². The fraction of sp³-hybridized carbons (Fsp3) is 0.182. The van der Waals surface area contributed by atoms with Gasteiger partial charge in [0.2, 0.25) is 0 Å². The van der Waals surface area contributed by atoms with Gasteiger partial charge >= 0.3 is 6.18 Å². The van der Waals surface area contributed by atoms with Crippen LogP contribution in [0.1, 0.15) is 42.7 Å². The summed E-state index contributed by atoms with van der Waals surface area (Å²) in [5, 5.41) is 7.35. The number of nitrogens with one attached hydrogen (secondary N) is 1. The number of carbonyl (C=O) groups excluding carboxylic acids is 2. The Balaban J connectivity index is 1.81. The quantitative estimate of drug-likeness (QED) is 0.445. The van der Waals surface area contributed by atoms with Crippen LogP contribution in [0.15, 0.2) is 36.4 Å². The highest BCUT2D eigenvalue weighted by Crippen LogP contribution is 2.40. The maximum Gasteiger partial charge on any atom is 0.433 e. The van der Waals surface area contributed by atoms with E-state index in [1.54, 1.807) is 18.5 Å². The van der Waals surface area contributed by atoms with Gasteiger partial charge in [0.25, 0.3) is 11.8 Å². The summed E-state index contributed by atoms with van der Waals surface area (Å²) in [6.07, 6.45) is -4.65. The lowest BCUT2D eigenvalue weighted by molar-refractivity contribution is -0.141. The zero-order chi connectivity index (χ0) is 24.1. The lowest BCUT2D eigenvalue weighted by atomic mass is 10.1. The third kappa shape index (κ3) is 3.95. The van der Waals surface area contributed by atoms with Gasteiger partial charge in [-0.05, 0) is 44.5 Å². The molecule has 1 aromatic carbocycles. The molecule has 3 heterocycles. The molecule has 0 aliphatic heterocycles. The zero-order valence-corrected chi connectivity index (χ0v) is 18.6. The Morgan fingerprint density at radius 2 is 1.79 bits per heavy atom. The third-order valence-corrected chi connectivity index (χ3v) is 6.23.